The zero-order valence-corrected chi connectivity index (χ0v) is 17.4. The Hall–Kier alpha value is -3.60. The van der Waals surface area contributed by atoms with Gasteiger partial charge in [0.05, 0.1) is 11.3 Å². The summed E-state index contributed by atoms with van der Waals surface area (Å²) in [7, 11) is -3.75. The summed E-state index contributed by atoms with van der Waals surface area (Å²) >= 11 is 0. The van der Waals surface area contributed by atoms with Crippen molar-refractivity contribution in [2.45, 2.75) is 13.0 Å². The Kier molecular flexibility index (Phi) is 5.76. The first-order valence-corrected chi connectivity index (χ1v) is 11.2. The maximum Gasteiger partial charge on any atom is 0.335 e. The van der Waals surface area contributed by atoms with Crippen LogP contribution in [0.25, 0.3) is 0 Å². The quantitative estimate of drug-likeness (QED) is 0.618. The van der Waals surface area contributed by atoms with Gasteiger partial charge in [0.1, 0.15) is 0 Å². The molecule has 6 nitrogen and oxygen atoms in total. The molecule has 0 aromatic heterocycles. The summed E-state index contributed by atoms with van der Waals surface area (Å²) in [5.41, 5.74) is 3.94. The van der Waals surface area contributed by atoms with Gasteiger partial charge in [-0.15, -0.1) is 0 Å². The molecule has 0 bridgehead atoms. The van der Waals surface area contributed by atoms with Crippen LogP contribution in [-0.4, -0.2) is 30.3 Å². The molecule has 0 aliphatic carbocycles. The van der Waals surface area contributed by atoms with Gasteiger partial charge >= 0.3 is 16.2 Å². The lowest BCUT2D eigenvalue weighted by Crippen LogP contribution is -2.39. The highest BCUT2D eigenvalue weighted by Gasteiger charge is 2.26. The molecule has 156 valence electrons. The monoisotopic (exact) mass is 432 g/mol. The first kappa shape index (κ1) is 20.7. The third kappa shape index (κ3) is 4.77. The molecule has 3 aromatic carbocycles. The van der Waals surface area contributed by atoms with Crippen molar-refractivity contribution < 1.29 is 18.3 Å². The van der Waals surface area contributed by atoms with Crippen LogP contribution in [0.4, 0.5) is 5.69 Å². The van der Waals surface area contributed by atoms with Gasteiger partial charge in [0, 0.05) is 24.2 Å². The Morgan fingerprint density at radius 2 is 1.58 bits per heavy atom. The van der Waals surface area contributed by atoms with Gasteiger partial charge in [-0.2, -0.15) is 12.7 Å². The second-order valence-electron chi connectivity index (χ2n) is 7.14. The van der Waals surface area contributed by atoms with Gasteiger partial charge in [-0.1, -0.05) is 48.2 Å². The fraction of sp³-hybridized carbons (Fsp3) is 0.125. The molecule has 1 aliphatic heterocycles. The minimum Gasteiger partial charge on any atom is -0.478 e. The molecule has 2 N–H and O–H groups in total. The number of aromatic carboxylic acids is 1. The molecule has 0 unspecified atom stereocenters. The first-order valence-electron chi connectivity index (χ1n) is 9.71. The SMILES string of the molecule is O=C(O)c1ccc(C#Cc2ccccc2NS(=O)(=O)N2CCc3ccccc3C2)cc1. The molecule has 0 radical (unpaired) electrons. The molecule has 0 amide bonds. The zero-order chi connectivity index (χ0) is 21.8. The van der Waals surface area contributed by atoms with E-state index < -0.39 is 16.2 Å². The summed E-state index contributed by atoms with van der Waals surface area (Å²) in [4.78, 5) is 11.0. The smallest absolute Gasteiger partial charge is 0.335 e. The Morgan fingerprint density at radius 3 is 2.32 bits per heavy atom. The van der Waals surface area contributed by atoms with Gasteiger partial charge in [0.15, 0.2) is 0 Å². The molecule has 0 atom stereocenters. The van der Waals surface area contributed by atoms with Crippen LogP contribution in [0.5, 0.6) is 0 Å². The molecule has 0 saturated carbocycles. The second-order valence-corrected chi connectivity index (χ2v) is 8.81. The van der Waals surface area contributed by atoms with Crippen LogP contribution in [0.1, 0.15) is 32.6 Å². The second kappa shape index (κ2) is 8.64. The molecule has 1 aliphatic rings. The van der Waals surface area contributed by atoms with Crippen LogP contribution in [0.3, 0.4) is 0 Å². The summed E-state index contributed by atoms with van der Waals surface area (Å²) in [5.74, 6) is 4.93. The predicted molar refractivity (Wildman–Crippen MR) is 119 cm³/mol. The van der Waals surface area contributed by atoms with E-state index in [2.05, 4.69) is 16.6 Å². The normalized spacial score (nSPS) is 13.5. The van der Waals surface area contributed by atoms with Crippen LogP contribution < -0.4 is 4.72 Å². The summed E-state index contributed by atoms with van der Waals surface area (Å²) in [6.07, 6.45) is 0.672. The fourth-order valence-corrected chi connectivity index (χ4v) is 4.62. The largest absolute Gasteiger partial charge is 0.478 e. The number of rotatable bonds is 4. The number of nitrogens with zero attached hydrogens (tertiary/aromatic N) is 1. The van der Waals surface area contributed by atoms with Gasteiger partial charge in [-0.25, -0.2) is 4.79 Å². The third-order valence-corrected chi connectivity index (χ3v) is 6.54. The van der Waals surface area contributed by atoms with Gasteiger partial charge in [0.25, 0.3) is 0 Å². The summed E-state index contributed by atoms with van der Waals surface area (Å²) in [5, 5.41) is 8.98. The van der Waals surface area contributed by atoms with Crippen LogP contribution in [0, 0.1) is 11.8 Å². The van der Waals surface area contributed by atoms with E-state index >= 15 is 0 Å². The average molecular weight is 433 g/mol. The van der Waals surface area contributed by atoms with E-state index in [1.807, 2.05) is 24.3 Å². The number of carboxylic acid groups (broad SMARTS) is 1. The van der Waals surface area contributed by atoms with Gasteiger partial charge < -0.3 is 5.11 Å². The number of nitrogens with one attached hydrogen (secondary N) is 1. The van der Waals surface area contributed by atoms with Crippen molar-refractivity contribution in [3.05, 3.63) is 101 Å². The number of hydrogen-bond acceptors (Lipinski definition) is 3. The first-order chi connectivity index (χ1) is 14.9. The van der Waals surface area contributed by atoms with E-state index in [0.717, 1.165) is 5.56 Å². The van der Waals surface area contributed by atoms with Crippen LogP contribution in [0.2, 0.25) is 0 Å². The molecule has 0 saturated heterocycles. The van der Waals surface area contributed by atoms with Crippen molar-refractivity contribution in [1.82, 2.24) is 4.31 Å². The number of carboxylic acids is 1. The molecule has 0 fully saturated rings. The maximum atomic E-state index is 13.0. The highest BCUT2D eigenvalue weighted by molar-refractivity contribution is 7.90. The molecule has 0 spiro atoms. The topological polar surface area (TPSA) is 86.7 Å². The summed E-state index contributed by atoms with van der Waals surface area (Å²) < 4.78 is 30.1. The van der Waals surface area contributed by atoms with E-state index in [1.54, 1.807) is 36.4 Å². The van der Waals surface area contributed by atoms with Gasteiger partial charge in [-0.3, -0.25) is 4.72 Å². The summed E-state index contributed by atoms with van der Waals surface area (Å²) in [6, 6.07) is 21.0. The lowest BCUT2D eigenvalue weighted by molar-refractivity contribution is 0.0697. The number of benzene rings is 3. The molecule has 4 rings (SSSR count). The van der Waals surface area contributed by atoms with Crippen molar-refractivity contribution in [2.75, 3.05) is 11.3 Å². The molecule has 31 heavy (non-hydrogen) atoms. The van der Waals surface area contributed by atoms with Crippen molar-refractivity contribution in [2.24, 2.45) is 0 Å². The van der Waals surface area contributed by atoms with Gasteiger partial charge in [-0.05, 0) is 53.9 Å². The lowest BCUT2D eigenvalue weighted by atomic mass is 10.0. The van der Waals surface area contributed by atoms with E-state index in [-0.39, 0.29) is 5.56 Å². The van der Waals surface area contributed by atoms with Gasteiger partial charge in [0.2, 0.25) is 0 Å². The fourth-order valence-electron chi connectivity index (χ4n) is 3.40. The highest BCUT2D eigenvalue weighted by atomic mass is 32.2. The Bertz CT molecular complexity index is 1290. The van der Waals surface area contributed by atoms with E-state index in [4.69, 9.17) is 5.11 Å². The predicted octanol–water partition coefficient (Wildman–Crippen LogP) is 3.50. The average Bonchev–Trinajstić information content (AvgIpc) is 2.78. The Labute approximate surface area is 181 Å². The van der Waals surface area contributed by atoms with Crippen LogP contribution >= 0.6 is 0 Å². The number of hydrogen-bond donors (Lipinski definition) is 2. The van der Waals surface area contributed by atoms with Crippen LogP contribution in [-0.2, 0) is 23.2 Å². The zero-order valence-electron chi connectivity index (χ0n) is 16.6. The molecule has 7 heteroatoms. The van der Waals surface area contributed by atoms with Crippen molar-refractivity contribution in [3.63, 3.8) is 0 Å². The molecule has 3 aromatic rings. The minimum atomic E-state index is -3.75. The van der Waals surface area contributed by atoms with E-state index in [0.29, 0.717) is 36.3 Å². The Balaban J connectivity index is 1.55. The summed E-state index contributed by atoms with van der Waals surface area (Å²) in [6.45, 7) is 0.741. The minimum absolute atomic E-state index is 0.182. The van der Waals surface area contributed by atoms with Crippen molar-refractivity contribution >= 4 is 21.9 Å². The molecular formula is C24H20N2O4S. The lowest BCUT2D eigenvalue weighted by Gasteiger charge is -2.28. The van der Waals surface area contributed by atoms with E-state index in [9.17, 15) is 13.2 Å². The van der Waals surface area contributed by atoms with Crippen LogP contribution in [0.15, 0.2) is 72.8 Å². The third-order valence-electron chi connectivity index (χ3n) is 5.07. The molecular weight excluding hydrogens is 412 g/mol. The molecule has 1 heterocycles. The number of fused-ring (bicyclic) bond motifs is 1. The van der Waals surface area contributed by atoms with Crippen molar-refractivity contribution in [1.29, 1.82) is 0 Å². The standard InChI is InChI=1S/C24H20N2O4S/c27-24(28)21-13-10-18(11-14-21)9-12-20-6-3-4-8-23(20)25-31(29,30)26-16-15-19-5-1-2-7-22(19)17-26/h1-8,10-11,13-14,25H,15-17H2,(H,27,28). The van der Waals surface area contributed by atoms with Crippen molar-refractivity contribution in [3.8, 4) is 11.8 Å². The highest BCUT2D eigenvalue weighted by Crippen LogP contribution is 2.23. The maximum absolute atomic E-state index is 13.0. The number of anilines is 1. The number of para-hydroxylation sites is 1. The number of carbonyl (C=O) groups is 1. The van der Waals surface area contributed by atoms with E-state index in [1.165, 1.54) is 22.0 Å². The Morgan fingerprint density at radius 1 is 0.903 bits per heavy atom.